The van der Waals surface area contributed by atoms with Gasteiger partial charge < -0.3 is 10.5 Å². The first-order valence-corrected chi connectivity index (χ1v) is 7.10. The van der Waals surface area contributed by atoms with Crippen LogP contribution in [-0.4, -0.2) is 12.6 Å². The highest BCUT2D eigenvalue weighted by molar-refractivity contribution is 5.96. The first-order valence-electron chi connectivity index (χ1n) is 7.10. The maximum Gasteiger partial charge on any atom is 0.340 e. The van der Waals surface area contributed by atoms with E-state index in [9.17, 15) is 4.79 Å². The van der Waals surface area contributed by atoms with Crippen LogP contribution in [0.15, 0.2) is 12.1 Å². The summed E-state index contributed by atoms with van der Waals surface area (Å²) in [6, 6.07) is 3.76. The molecule has 0 amide bonds. The Kier molecular flexibility index (Phi) is 6.40. The fourth-order valence-corrected chi connectivity index (χ4v) is 2.10. The Hall–Kier alpha value is -1.51. The largest absolute Gasteiger partial charge is 0.462 e. The van der Waals surface area contributed by atoms with Gasteiger partial charge in [-0.15, -0.1) is 0 Å². The number of ether oxygens (including phenoxy) is 1. The summed E-state index contributed by atoms with van der Waals surface area (Å²) in [4.78, 5) is 12.0. The Bertz CT molecular complexity index is 427. The van der Waals surface area contributed by atoms with Gasteiger partial charge in [-0.05, 0) is 37.5 Å². The molecule has 0 aromatic heterocycles. The summed E-state index contributed by atoms with van der Waals surface area (Å²) < 4.78 is 5.28. The molecule has 0 spiro atoms. The van der Waals surface area contributed by atoms with E-state index in [-0.39, 0.29) is 5.97 Å². The third kappa shape index (κ3) is 4.93. The number of anilines is 1. The van der Waals surface area contributed by atoms with Crippen LogP contribution in [0.5, 0.6) is 0 Å². The number of nitrogens with two attached hydrogens (primary N) is 1. The van der Waals surface area contributed by atoms with Crippen molar-refractivity contribution in [1.29, 1.82) is 0 Å². The van der Waals surface area contributed by atoms with Gasteiger partial charge in [0.25, 0.3) is 0 Å². The highest BCUT2D eigenvalue weighted by atomic mass is 16.5. The van der Waals surface area contributed by atoms with Crippen molar-refractivity contribution in [3.63, 3.8) is 0 Å². The topological polar surface area (TPSA) is 52.3 Å². The first-order chi connectivity index (χ1) is 9.06. The van der Waals surface area contributed by atoms with Gasteiger partial charge in [0.15, 0.2) is 0 Å². The van der Waals surface area contributed by atoms with Crippen LogP contribution in [0.1, 0.15) is 60.5 Å². The summed E-state index contributed by atoms with van der Waals surface area (Å²) in [5, 5.41) is 0. The molecule has 0 atom stereocenters. The quantitative estimate of drug-likeness (QED) is 0.459. The van der Waals surface area contributed by atoms with Crippen molar-refractivity contribution < 1.29 is 9.53 Å². The van der Waals surface area contributed by atoms with E-state index in [0.29, 0.717) is 17.9 Å². The number of aryl methyl sites for hydroxylation is 2. The van der Waals surface area contributed by atoms with E-state index < -0.39 is 0 Å². The lowest BCUT2D eigenvalue weighted by Gasteiger charge is -2.10. The number of carbonyl (C=O) groups is 1. The maximum atomic E-state index is 12.0. The monoisotopic (exact) mass is 263 g/mol. The van der Waals surface area contributed by atoms with Crippen LogP contribution in [0, 0.1) is 13.8 Å². The maximum absolute atomic E-state index is 12.0. The summed E-state index contributed by atoms with van der Waals surface area (Å²) in [6.07, 6.45) is 5.72. The average Bonchev–Trinajstić information content (AvgIpc) is 2.37. The Labute approximate surface area is 116 Å². The highest BCUT2D eigenvalue weighted by Crippen LogP contribution is 2.20. The van der Waals surface area contributed by atoms with E-state index in [2.05, 4.69) is 6.92 Å². The van der Waals surface area contributed by atoms with Gasteiger partial charge in [-0.2, -0.15) is 0 Å². The molecule has 0 aliphatic heterocycles. The van der Waals surface area contributed by atoms with Crippen molar-refractivity contribution in [1.82, 2.24) is 0 Å². The lowest BCUT2D eigenvalue weighted by Crippen LogP contribution is -2.10. The standard InChI is InChI=1S/C16H25NO2/c1-4-5-6-7-8-9-19-16(18)14-11-12(2)10-13(3)15(14)17/h10-11H,4-9,17H2,1-3H3. The lowest BCUT2D eigenvalue weighted by molar-refractivity contribution is 0.0498. The summed E-state index contributed by atoms with van der Waals surface area (Å²) >= 11 is 0. The van der Waals surface area contributed by atoms with E-state index in [4.69, 9.17) is 10.5 Å². The van der Waals surface area contributed by atoms with Gasteiger partial charge in [0.2, 0.25) is 0 Å². The third-order valence-corrected chi connectivity index (χ3v) is 3.23. The molecule has 2 N–H and O–H groups in total. The second kappa shape index (κ2) is 7.82. The van der Waals surface area contributed by atoms with Crippen molar-refractivity contribution in [3.05, 3.63) is 28.8 Å². The zero-order chi connectivity index (χ0) is 14.3. The van der Waals surface area contributed by atoms with Crippen molar-refractivity contribution in [2.75, 3.05) is 12.3 Å². The van der Waals surface area contributed by atoms with E-state index >= 15 is 0 Å². The molecule has 1 rings (SSSR count). The lowest BCUT2D eigenvalue weighted by atomic mass is 10.0. The second-order valence-corrected chi connectivity index (χ2v) is 5.09. The Morgan fingerprint density at radius 1 is 1.16 bits per heavy atom. The van der Waals surface area contributed by atoms with Crippen LogP contribution < -0.4 is 5.73 Å². The number of nitrogen functional groups attached to an aromatic ring is 1. The second-order valence-electron chi connectivity index (χ2n) is 5.09. The molecule has 3 nitrogen and oxygen atoms in total. The van der Waals surface area contributed by atoms with Gasteiger partial charge in [0.05, 0.1) is 12.2 Å². The number of esters is 1. The summed E-state index contributed by atoms with van der Waals surface area (Å²) in [5.41, 5.74) is 8.90. The minimum Gasteiger partial charge on any atom is -0.462 e. The number of carbonyl (C=O) groups excluding carboxylic acids is 1. The molecule has 106 valence electrons. The molecule has 19 heavy (non-hydrogen) atoms. The van der Waals surface area contributed by atoms with Crippen molar-refractivity contribution in [2.24, 2.45) is 0 Å². The van der Waals surface area contributed by atoms with Crippen LogP contribution in [0.25, 0.3) is 0 Å². The number of rotatable bonds is 7. The fraction of sp³-hybridized carbons (Fsp3) is 0.562. The molecule has 0 fully saturated rings. The Morgan fingerprint density at radius 2 is 1.84 bits per heavy atom. The predicted molar refractivity (Wildman–Crippen MR) is 79.4 cm³/mol. The molecular formula is C16H25NO2. The fourth-order valence-electron chi connectivity index (χ4n) is 2.10. The zero-order valence-corrected chi connectivity index (χ0v) is 12.3. The molecule has 0 saturated carbocycles. The molecule has 1 aromatic rings. The van der Waals surface area contributed by atoms with E-state index in [1.807, 2.05) is 19.9 Å². The van der Waals surface area contributed by atoms with Crippen LogP contribution >= 0.6 is 0 Å². The van der Waals surface area contributed by atoms with Gasteiger partial charge in [0, 0.05) is 5.69 Å². The van der Waals surface area contributed by atoms with Crippen molar-refractivity contribution in [2.45, 2.75) is 52.9 Å². The smallest absolute Gasteiger partial charge is 0.340 e. The SMILES string of the molecule is CCCCCCCOC(=O)c1cc(C)cc(C)c1N. The zero-order valence-electron chi connectivity index (χ0n) is 12.3. The molecule has 0 radical (unpaired) electrons. The summed E-state index contributed by atoms with van der Waals surface area (Å²) in [6.45, 7) is 6.52. The molecule has 1 aromatic carbocycles. The average molecular weight is 263 g/mol. The molecule has 0 aliphatic carbocycles. The molecule has 0 bridgehead atoms. The van der Waals surface area contributed by atoms with E-state index in [1.54, 1.807) is 6.07 Å². The number of benzene rings is 1. The minimum absolute atomic E-state index is 0.306. The van der Waals surface area contributed by atoms with Crippen molar-refractivity contribution in [3.8, 4) is 0 Å². The van der Waals surface area contributed by atoms with Gasteiger partial charge in [-0.25, -0.2) is 4.79 Å². The normalized spacial score (nSPS) is 10.5. The van der Waals surface area contributed by atoms with Crippen molar-refractivity contribution >= 4 is 11.7 Å². The van der Waals surface area contributed by atoms with Gasteiger partial charge >= 0.3 is 5.97 Å². The first kappa shape index (κ1) is 15.5. The molecular weight excluding hydrogens is 238 g/mol. The molecule has 3 heteroatoms. The van der Waals surface area contributed by atoms with Gasteiger partial charge in [-0.3, -0.25) is 0 Å². The minimum atomic E-state index is -0.306. The highest BCUT2D eigenvalue weighted by Gasteiger charge is 2.13. The van der Waals surface area contributed by atoms with E-state index in [1.165, 1.54) is 19.3 Å². The number of hydrogen-bond donors (Lipinski definition) is 1. The summed E-state index contributed by atoms with van der Waals surface area (Å²) in [5.74, 6) is -0.306. The number of hydrogen-bond acceptors (Lipinski definition) is 3. The van der Waals surface area contributed by atoms with Crippen LogP contribution in [-0.2, 0) is 4.74 Å². The third-order valence-electron chi connectivity index (χ3n) is 3.23. The van der Waals surface area contributed by atoms with Crippen LogP contribution in [0.3, 0.4) is 0 Å². The van der Waals surface area contributed by atoms with Gasteiger partial charge in [-0.1, -0.05) is 38.7 Å². The summed E-state index contributed by atoms with van der Waals surface area (Å²) in [7, 11) is 0. The molecule has 0 aliphatic rings. The van der Waals surface area contributed by atoms with Gasteiger partial charge in [0.1, 0.15) is 0 Å². The Balaban J connectivity index is 2.46. The molecule has 0 heterocycles. The molecule has 0 saturated heterocycles. The van der Waals surface area contributed by atoms with E-state index in [0.717, 1.165) is 24.0 Å². The number of unbranched alkanes of at least 4 members (excludes halogenated alkanes) is 4. The predicted octanol–water partition coefficient (Wildman–Crippen LogP) is 4.01. The molecule has 0 unspecified atom stereocenters. The van der Waals surface area contributed by atoms with Crippen LogP contribution in [0.4, 0.5) is 5.69 Å². The van der Waals surface area contributed by atoms with Crippen LogP contribution in [0.2, 0.25) is 0 Å². The Morgan fingerprint density at radius 3 is 2.53 bits per heavy atom.